The van der Waals surface area contributed by atoms with E-state index >= 15 is 0 Å². The van der Waals surface area contributed by atoms with Crippen LogP contribution < -0.4 is 16.4 Å². The largest absolute Gasteiger partial charge is 0.398 e. The highest BCUT2D eigenvalue weighted by Gasteiger charge is 2.15. The van der Waals surface area contributed by atoms with Crippen molar-refractivity contribution in [3.63, 3.8) is 0 Å². The van der Waals surface area contributed by atoms with Gasteiger partial charge in [0.05, 0.1) is 10.7 Å². The lowest BCUT2D eigenvalue weighted by Crippen LogP contribution is -2.23. The van der Waals surface area contributed by atoms with Gasteiger partial charge in [0, 0.05) is 17.9 Å². The van der Waals surface area contributed by atoms with E-state index in [0.29, 0.717) is 22.4 Å². The summed E-state index contributed by atoms with van der Waals surface area (Å²) in [5, 5.41) is 15.2. The Hall–Kier alpha value is -2.19. The number of benzene rings is 1. The van der Waals surface area contributed by atoms with Crippen LogP contribution in [0, 0.1) is 11.3 Å². The van der Waals surface area contributed by atoms with Gasteiger partial charge in [0.1, 0.15) is 11.6 Å². The van der Waals surface area contributed by atoms with E-state index in [4.69, 9.17) is 22.6 Å². The second-order valence-corrected chi connectivity index (χ2v) is 5.42. The number of nitrogens with zero attached hydrogens (tertiary/aromatic N) is 1. The van der Waals surface area contributed by atoms with Crippen molar-refractivity contribution < 1.29 is 4.79 Å². The molecule has 21 heavy (non-hydrogen) atoms. The quantitative estimate of drug-likeness (QED) is 0.453. The van der Waals surface area contributed by atoms with Crippen LogP contribution in [0.15, 0.2) is 30.0 Å². The number of nitriles is 1. The first-order chi connectivity index (χ1) is 10.1. The van der Waals surface area contributed by atoms with Crippen LogP contribution in [-0.4, -0.2) is 11.9 Å². The Morgan fingerprint density at radius 2 is 2.14 bits per heavy atom. The smallest absolute Gasteiger partial charge is 0.267 e. The molecule has 0 spiro atoms. The molecule has 0 radical (unpaired) electrons. The summed E-state index contributed by atoms with van der Waals surface area (Å²) in [6, 6.07) is 7.04. The minimum atomic E-state index is -0.469. The fourth-order valence-electron chi connectivity index (χ4n) is 2.25. The van der Waals surface area contributed by atoms with Gasteiger partial charge >= 0.3 is 0 Å². The number of carbonyl (C=O) groups excluding carboxylic acids is 1. The third kappa shape index (κ3) is 4.14. The Labute approximate surface area is 128 Å². The van der Waals surface area contributed by atoms with E-state index in [1.165, 1.54) is 19.0 Å². The maximum absolute atomic E-state index is 12.0. The molecule has 1 amide bonds. The predicted octanol–water partition coefficient (Wildman–Crippen LogP) is 2.80. The Morgan fingerprint density at radius 3 is 2.76 bits per heavy atom. The number of halogens is 1. The number of carbonyl (C=O) groups is 1. The zero-order valence-corrected chi connectivity index (χ0v) is 12.3. The summed E-state index contributed by atoms with van der Waals surface area (Å²) in [6.45, 7) is 0. The van der Waals surface area contributed by atoms with E-state index in [9.17, 15) is 4.79 Å². The average Bonchev–Trinajstić information content (AvgIpc) is 2.97. The third-order valence-electron chi connectivity index (χ3n) is 3.44. The molecule has 2 rings (SSSR count). The van der Waals surface area contributed by atoms with Gasteiger partial charge in [-0.3, -0.25) is 4.79 Å². The SMILES string of the molecule is N#C/C(=C/NC1CCCC1)C(=O)Nc1ccc(N)c(Cl)c1. The van der Waals surface area contributed by atoms with Gasteiger partial charge < -0.3 is 16.4 Å². The number of anilines is 2. The van der Waals surface area contributed by atoms with Crippen LogP contribution in [0.5, 0.6) is 0 Å². The standard InChI is InChI=1S/C15H17ClN4O/c16-13-7-12(5-6-14(13)18)20-15(21)10(8-17)9-19-11-3-1-2-4-11/h5-7,9,11,19H,1-4,18H2,(H,20,21)/b10-9-. The number of rotatable bonds is 4. The molecule has 0 saturated heterocycles. The molecule has 0 heterocycles. The molecule has 1 aromatic carbocycles. The van der Waals surface area contributed by atoms with Crippen molar-refractivity contribution in [3.8, 4) is 6.07 Å². The predicted molar refractivity (Wildman–Crippen MR) is 83.6 cm³/mol. The van der Waals surface area contributed by atoms with Crippen LogP contribution in [-0.2, 0) is 4.79 Å². The lowest BCUT2D eigenvalue weighted by molar-refractivity contribution is -0.112. The molecule has 110 valence electrons. The number of hydrogen-bond acceptors (Lipinski definition) is 4. The molecule has 1 saturated carbocycles. The maximum Gasteiger partial charge on any atom is 0.267 e. The van der Waals surface area contributed by atoms with Gasteiger partial charge in [0.25, 0.3) is 5.91 Å². The fourth-order valence-corrected chi connectivity index (χ4v) is 2.43. The molecular formula is C15H17ClN4O. The van der Waals surface area contributed by atoms with Crippen molar-refractivity contribution in [1.29, 1.82) is 5.26 Å². The summed E-state index contributed by atoms with van der Waals surface area (Å²) in [5.74, 6) is -0.469. The van der Waals surface area contributed by atoms with Gasteiger partial charge in [-0.15, -0.1) is 0 Å². The summed E-state index contributed by atoms with van der Waals surface area (Å²) in [6.07, 6.45) is 6.01. The van der Waals surface area contributed by atoms with Gasteiger partial charge in [-0.2, -0.15) is 5.26 Å². The van der Waals surface area contributed by atoms with Crippen LogP contribution >= 0.6 is 11.6 Å². The topological polar surface area (TPSA) is 90.9 Å². The van der Waals surface area contributed by atoms with Crippen molar-refractivity contribution in [1.82, 2.24) is 5.32 Å². The van der Waals surface area contributed by atoms with Crippen molar-refractivity contribution in [2.75, 3.05) is 11.1 Å². The zero-order chi connectivity index (χ0) is 15.2. The van der Waals surface area contributed by atoms with Gasteiger partial charge in [0.2, 0.25) is 0 Å². The number of amides is 1. The van der Waals surface area contributed by atoms with Crippen LogP contribution in [0.25, 0.3) is 0 Å². The Balaban J connectivity index is 2.00. The molecule has 1 aliphatic carbocycles. The van der Waals surface area contributed by atoms with Crippen molar-refractivity contribution in [2.45, 2.75) is 31.7 Å². The number of nitrogen functional groups attached to an aromatic ring is 1. The highest BCUT2D eigenvalue weighted by atomic mass is 35.5. The van der Waals surface area contributed by atoms with Crippen molar-refractivity contribution in [3.05, 3.63) is 35.0 Å². The number of nitrogens with one attached hydrogen (secondary N) is 2. The lowest BCUT2D eigenvalue weighted by atomic mass is 10.2. The molecule has 0 aromatic heterocycles. The molecule has 0 atom stereocenters. The summed E-state index contributed by atoms with van der Waals surface area (Å²) in [5.41, 5.74) is 6.58. The van der Waals surface area contributed by atoms with E-state index in [1.807, 2.05) is 6.07 Å². The molecule has 1 fully saturated rings. The Morgan fingerprint density at radius 1 is 1.43 bits per heavy atom. The molecule has 0 bridgehead atoms. The molecule has 5 nitrogen and oxygen atoms in total. The first-order valence-electron chi connectivity index (χ1n) is 6.83. The van der Waals surface area contributed by atoms with Crippen LogP contribution in [0.2, 0.25) is 5.02 Å². The minimum Gasteiger partial charge on any atom is -0.398 e. The molecule has 1 aromatic rings. The van der Waals surface area contributed by atoms with E-state index in [1.54, 1.807) is 18.2 Å². The van der Waals surface area contributed by atoms with E-state index in [2.05, 4.69) is 10.6 Å². The van der Waals surface area contributed by atoms with Gasteiger partial charge in [-0.25, -0.2) is 0 Å². The summed E-state index contributed by atoms with van der Waals surface area (Å²) in [4.78, 5) is 12.0. The highest BCUT2D eigenvalue weighted by Crippen LogP contribution is 2.23. The normalized spacial score (nSPS) is 15.5. The third-order valence-corrected chi connectivity index (χ3v) is 3.77. The van der Waals surface area contributed by atoms with Crippen LogP contribution in [0.1, 0.15) is 25.7 Å². The van der Waals surface area contributed by atoms with Gasteiger partial charge in [-0.05, 0) is 31.0 Å². The van der Waals surface area contributed by atoms with E-state index < -0.39 is 5.91 Å². The zero-order valence-electron chi connectivity index (χ0n) is 11.5. The van der Waals surface area contributed by atoms with Crippen LogP contribution in [0.4, 0.5) is 11.4 Å². The second kappa shape index (κ2) is 7.00. The monoisotopic (exact) mass is 304 g/mol. The van der Waals surface area contributed by atoms with Gasteiger partial charge in [-0.1, -0.05) is 24.4 Å². The second-order valence-electron chi connectivity index (χ2n) is 5.01. The lowest BCUT2D eigenvalue weighted by Gasteiger charge is -2.10. The molecule has 0 aliphatic heterocycles. The average molecular weight is 305 g/mol. The van der Waals surface area contributed by atoms with E-state index in [-0.39, 0.29) is 5.57 Å². The molecule has 6 heteroatoms. The maximum atomic E-state index is 12.0. The summed E-state index contributed by atoms with van der Waals surface area (Å²) >= 11 is 5.89. The number of nitrogens with two attached hydrogens (primary N) is 1. The fraction of sp³-hybridized carbons (Fsp3) is 0.333. The highest BCUT2D eigenvalue weighted by molar-refractivity contribution is 6.33. The molecule has 4 N–H and O–H groups in total. The first-order valence-corrected chi connectivity index (χ1v) is 7.20. The van der Waals surface area contributed by atoms with E-state index in [0.717, 1.165) is 12.8 Å². The first kappa shape index (κ1) is 15.2. The van der Waals surface area contributed by atoms with Gasteiger partial charge in [0.15, 0.2) is 0 Å². The Kier molecular flexibility index (Phi) is 5.07. The summed E-state index contributed by atoms with van der Waals surface area (Å²) in [7, 11) is 0. The summed E-state index contributed by atoms with van der Waals surface area (Å²) < 4.78 is 0. The molecule has 1 aliphatic rings. The molecule has 0 unspecified atom stereocenters. The number of hydrogen-bond donors (Lipinski definition) is 3. The van der Waals surface area contributed by atoms with Crippen LogP contribution in [0.3, 0.4) is 0 Å². The molecular weight excluding hydrogens is 288 g/mol. The van der Waals surface area contributed by atoms with Crippen molar-refractivity contribution in [2.24, 2.45) is 0 Å². The van der Waals surface area contributed by atoms with Crippen molar-refractivity contribution >= 4 is 28.9 Å². The minimum absolute atomic E-state index is 0.0369. The Bertz CT molecular complexity index is 600.